The second-order valence-corrected chi connectivity index (χ2v) is 46.3. The van der Waals surface area contributed by atoms with E-state index in [1.54, 1.807) is 29.6 Å². The molecular formula is C105H150F5N12Si+5. The number of rotatable bonds is 4. The fraction of sp³-hybridized carbons (Fsp3) is 0.486. The van der Waals surface area contributed by atoms with E-state index in [1.807, 2.05) is 26.0 Å². The Morgan fingerprint density at radius 2 is 0.837 bits per heavy atom. The Labute approximate surface area is 739 Å². The summed E-state index contributed by atoms with van der Waals surface area (Å²) >= 11 is 0. The Morgan fingerprint density at radius 3 is 1.38 bits per heavy atom. The highest BCUT2D eigenvalue weighted by Crippen LogP contribution is 2.52. The van der Waals surface area contributed by atoms with Crippen molar-refractivity contribution < 1.29 is 35.1 Å². The predicted molar refractivity (Wildman–Crippen MR) is 518 cm³/mol. The van der Waals surface area contributed by atoms with E-state index in [0.717, 1.165) is 81.4 Å². The first-order chi connectivity index (χ1) is 57.1. The average molecular weight is 1700 g/mol. The van der Waals surface area contributed by atoms with E-state index >= 15 is 0 Å². The van der Waals surface area contributed by atoms with Crippen LogP contribution in [0.2, 0.25) is 13.1 Å². The van der Waals surface area contributed by atoms with Crippen molar-refractivity contribution in [2.24, 2.45) is 0 Å². The van der Waals surface area contributed by atoms with Crippen molar-refractivity contribution in [1.82, 2.24) is 8.97 Å². The van der Waals surface area contributed by atoms with E-state index in [0.29, 0.717) is 6.04 Å². The quantitative estimate of drug-likeness (QED) is 0.0569. The van der Waals surface area contributed by atoms with Gasteiger partial charge in [-0.25, -0.2) is 13.2 Å². The van der Waals surface area contributed by atoms with Gasteiger partial charge in [0.2, 0.25) is 34.8 Å². The van der Waals surface area contributed by atoms with Crippen molar-refractivity contribution in [3.05, 3.63) is 257 Å². The van der Waals surface area contributed by atoms with Gasteiger partial charge in [-0.2, -0.15) is 8.78 Å². The van der Waals surface area contributed by atoms with Gasteiger partial charge in [0.15, 0.2) is 26.7 Å². The van der Waals surface area contributed by atoms with E-state index in [2.05, 4.69) is 346 Å². The summed E-state index contributed by atoms with van der Waals surface area (Å²) in [6.07, 6.45) is 7.11. The van der Waals surface area contributed by atoms with Crippen LogP contribution in [0.1, 0.15) is 186 Å². The lowest BCUT2D eigenvalue weighted by molar-refractivity contribution is -0.962. The maximum Gasteiger partial charge on any atom is 0.315 e. The molecule has 6 heterocycles. The smallest absolute Gasteiger partial charge is 0.315 e. The van der Waals surface area contributed by atoms with E-state index in [4.69, 9.17) is 0 Å². The zero-order valence-electron chi connectivity index (χ0n) is 81.6. The molecule has 7 aliphatic rings. The number of para-hydroxylation sites is 2. The number of nitrogens with zero attached hydrogens (tertiary/aromatic N) is 12. The van der Waals surface area contributed by atoms with Crippen LogP contribution in [-0.4, -0.2) is 159 Å². The van der Waals surface area contributed by atoms with Gasteiger partial charge in [0.05, 0.1) is 84.6 Å². The van der Waals surface area contributed by atoms with E-state index in [-0.39, 0.29) is 17.7 Å². The number of quaternary nitrogens is 5. The first-order valence-corrected chi connectivity index (χ1v) is 47.6. The topological polar surface area (TPSA) is 22.7 Å². The Morgan fingerprint density at radius 1 is 0.390 bits per heavy atom. The van der Waals surface area contributed by atoms with Crippen molar-refractivity contribution in [2.75, 3.05) is 166 Å². The Hall–Kier alpha value is -8.75. The molecule has 16 rings (SSSR count). The highest BCUT2D eigenvalue weighted by atomic mass is 28.3. The zero-order valence-corrected chi connectivity index (χ0v) is 82.6. The Kier molecular flexibility index (Phi) is 27.2. The van der Waals surface area contributed by atoms with Gasteiger partial charge < -0.3 is 47.4 Å². The average Bonchev–Trinajstić information content (AvgIpc) is 0.711. The highest BCUT2D eigenvalue weighted by Gasteiger charge is 2.53. The monoisotopic (exact) mass is 1700 g/mol. The molecule has 6 aliphatic heterocycles. The molecule has 9 aromatic rings. The van der Waals surface area contributed by atoms with Crippen molar-refractivity contribution in [3.8, 4) is 0 Å². The molecule has 0 radical (unpaired) electrons. The molecule has 5 atom stereocenters. The first kappa shape index (κ1) is 94.9. The number of halogens is 5. The fourth-order valence-corrected chi connectivity index (χ4v) is 25.1. The number of benzene rings is 9. The normalized spacial score (nSPS) is 22.3. The second kappa shape index (κ2) is 35.2. The summed E-state index contributed by atoms with van der Waals surface area (Å²) in [4.78, 5) is 16.4. The number of hydrogen-bond donors (Lipinski definition) is 0. The molecule has 0 N–H and O–H groups in total. The molecule has 18 heteroatoms. The van der Waals surface area contributed by atoms with Crippen molar-refractivity contribution in [1.29, 1.82) is 0 Å². The third-order valence-corrected chi connectivity index (χ3v) is 34.6. The van der Waals surface area contributed by atoms with Crippen molar-refractivity contribution in [2.45, 2.75) is 212 Å². The summed E-state index contributed by atoms with van der Waals surface area (Å²) in [5.41, 5.74) is 33.8. The standard InChI is InChI=1S/C21H28N2.C21H29N2.C19H20F5N2.C19H31N2.C13H23N2Si.C12H19N2/c1-14-11-17(4)20-18(12-14)21(5,6)23(13-22(20)7)19-15(2)9-8-10-16(19)3;1-15-12-17(3)20-18(13-15)21(4,5)23(7,14-22(20)6)19-11-9-8-10-16(19)2;1-9-6-10(2)18-12(7-9)11(3)26(5,8-25(18)4)19-16(23)14(21)13(20)15(22)17(19)24;1-14-11-15(2)19-18(12-14)16(3)21(5,13-20(19)4)17-9-7-6-8-10-17;1-11-7-8-12-13(9-11)16(5,6)15(3,4)10-14(12)2;1-10-5-6-12-11(7-10)8-14(3,4)9-13(12)2/h8-12H,13H2,1-7H3;8-13H,14H2,1-7H3;6-7,11H,8H2,1-5H3;11-12,16-17H,6-10,13H2,1-5H3;7-9H,10H2,1-6H3;5-7H,8-9H2,1-4H3/q;5*+1. The lowest BCUT2D eigenvalue weighted by atomic mass is 9.83. The van der Waals surface area contributed by atoms with Crippen LogP contribution in [0.25, 0.3) is 0 Å². The maximum absolute atomic E-state index is 14.5. The molecule has 5 unspecified atom stereocenters. The van der Waals surface area contributed by atoms with Gasteiger partial charge in [-0.1, -0.05) is 125 Å². The Bertz CT molecular complexity index is 5380. The molecule has 123 heavy (non-hydrogen) atoms. The maximum atomic E-state index is 14.5. The summed E-state index contributed by atoms with van der Waals surface area (Å²) in [5, 5.41) is 1.60. The molecule has 0 aromatic heterocycles. The zero-order chi connectivity index (χ0) is 91.2. The van der Waals surface area contributed by atoms with Gasteiger partial charge >= 0.3 is 8.24 Å². The highest BCUT2D eigenvalue weighted by molar-refractivity contribution is 6.85. The van der Waals surface area contributed by atoms with Crippen LogP contribution in [0.5, 0.6) is 0 Å². The molecule has 0 saturated heterocycles. The predicted octanol–water partition coefficient (Wildman–Crippen LogP) is 23.5. The molecule has 0 spiro atoms. The van der Waals surface area contributed by atoms with Crippen LogP contribution in [0.3, 0.4) is 0 Å². The summed E-state index contributed by atoms with van der Waals surface area (Å²) in [5.74, 6) is -9.53. The number of aryl methyl sites for hydroxylation is 13. The summed E-state index contributed by atoms with van der Waals surface area (Å²) < 4.78 is 73.9. The van der Waals surface area contributed by atoms with E-state index < -0.39 is 53.5 Å². The molecule has 1 saturated carbocycles. The molecule has 9 aromatic carbocycles. The lowest BCUT2D eigenvalue weighted by Crippen LogP contribution is -2.73. The minimum Gasteiger partial charge on any atom is -0.368 e. The van der Waals surface area contributed by atoms with Gasteiger partial charge in [0.25, 0.3) is 0 Å². The van der Waals surface area contributed by atoms with Gasteiger partial charge in [-0.15, -0.1) is 0 Å². The minimum absolute atomic E-state index is 0.0186. The molecule has 0 bridgehead atoms. The van der Waals surface area contributed by atoms with Gasteiger partial charge in [-0.3, -0.25) is 8.97 Å². The number of hydrogen-bond acceptors (Lipinski definition) is 7. The molecule has 12 nitrogen and oxygen atoms in total. The van der Waals surface area contributed by atoms with Crippen LogP contribution in [0, 0.1) is 119 Å². The molecule has 1 fully saturated rings. The SMILES string of the molecule is Cc1cc(C)c2c(c1)C(C)(C)N(c1c(C)cccc1C)CN2C.Cc1cc(C)c2c(c1)C(C)(C)[N+](C)(c1ccccc1C)CN2C.Cc1cc(C)c2c(c1)C(C)[N+](C)(C1CCCCC1)CN2C.Cc1cc(C)c2c(c1)C(C)[N+](C)(c1c(F)c(F)c(F)c(F)c1F)CN2C.Cc1ccc2c(c1)C[N+](C)(C)CN2C.Cc1ccc2c(c1)[Si](C)(C)[N+](C)(C)CN2C. The molecule has 1 aliphatic carbocycles. The third kappa shape index (κ3) is 17.8. The van der Waals surface area contributed by atoms with Gasteiger partial charge in [-0.05, 0) is 246 Å². The minimum atomic E-state index is -2.14. The number of fused-ring (bicyclic) bond motifs is 6. The fourth-order valence-electron chi connectivity index (χ4n) is 22.4. The van der Waals surface area contributed by atoms with Crippen LogP contribution >= 0.6 is 0 Å². The van der Waals surface area contributed by atoms with Gasteiger partial charge in [0.1, 0.15) is 36.5 Å². The van der Waals surface area contributed by atoms with Crippen LogP contribution in [-0.2, 0) is 17.6 Å². The summed E-state index contributed by atoms with van der Waals surface area (Å²) in [6.45, 7) is 53.3. The van der Waals surface area contributed by atoms with E-state index in [1.165, 1.54) is 161 Å². The van der Waals surface area contributed by atoms with Crippen LogP contribution < -0.4 is 48.5 Å². The van der Waals surface area contributed by atoms with Gasteiger partial charge in [0, 0.05) is 104 Å². The molecule has 0 amide bonds. The molecule has 664 valence electrons. The number of anilines is 7. The Balaban J connectivity index is 0.000000145. The van der Waals surface area contributed by atoms with Crippen LogP contribution in [0.15, 0.2) is 127 Å². The molecular weight excluding hydrogens is 1550 g/mol. The largest absolute Gasteiger partial charge is 0.368 e. The summed E-state index contributed by atoms with van der Waals surface area (Å²) in [7, 11) is 27.1. The lowest BCUT2D eigenvalue weighted by Gasteiger charge is -2.54. The van der Waals surface area contributed by atoms with Crippen molar-refractivity contribution in [3.63, 3.8) is 0 Å². The first-order valence-electron chi connectivity index (χ1n) is 44.6. The van der Waals surface area contributed by atoms with Crippen molar-refractivity contribution >= 4 is 64.6 Å². The third-order valence-electron chi connectivity index (χ3n) is 29.7. The summed E-state index contributed by atoms with van der Waals surface area (Å²) in [6, 6.07) is 48.0. The van der Waals surface area contributed by atoms with E-state index in [9.17, 15) is 22.0 Å². The van der Waals surface area contributed by atoms with Crippen LogP contribution in [0.4, 0.5) is 73.1 Å². The second-order valence-electron chi connectivity index (χ2n) is 41.5.